The molecule has 5 nitrogen and oxygen atoms in total. The van der Waals surface area contributed by atoms with Gasteiger partial charge in [-0.25, -0.2) is 4.39 Å². The summed E-state index contributed by atoms with van der Waals surface area (Å²) in [6, 6.07) is 8.36. The zero-order chi connectivity index (χ0) is 15.6. The monoisotopic (exact) mass is 322 g/mol. The highest BCUT2D eigenvalue weighted by atomic mass is 32.2. The van der Waals surface area contributed by atoms with E-state index < -0.39 is 0 Å². The summed E-state index contributed by atoms with van der Waals surface area (Å²) < 4.78 is 17.5. The lowest BCUT2D eigenvalue weighted by Gasteiger charge is -2.10. The molecule has 0 radical (unpaired) electrons. The Kier molecular flexibility index (Phi) is 6.76. The van der Waals surface area contributed by atoms with Gasteiger partial charge in [0.05, 0.1) is 6.54 Å². The van der Waals surface area contributed by atoms with Crippen LogP contribution in [0.1, 0.15) is 12.1 Å². The molecule has 2 aromatic rings. The Hall–Kier alpha value is -2.02. The SMILES string of the molecule is CN=C(NCCCSc1ccc(F)cc1)NCc1ccon1. The van der Waals surface area contributed by atoms with Gasteiger partial charge in [0.15, 0.2) is 5.96 Å². The van der Waals surface area contributed by atoms with Gasteiger partial charge in [0.1, 0.15) is 17.8 Å². The number of halogens is 1. The third-order valence-electron chi connectivity index (χ3n) is 2.85. The molecule has 2 rings (SSSR count). The molecule has 1 heterocycles. The first kappa shape index (κ1) is 16.4. The van der Waals surface area contributed by atoms with Crippen molar-refractivity contribution in [2.24, 2.45) is 4.99 Å². The van der Waals surface area contributed by atoms with Gasteiger partial charge in [0, 0.05) is 24.6 Å². The van der Waals surface area contributed by atoms with Gasteiger partial charge in [-0.1, -0.05) is 5.16 Å². The summed E-state index contributed by atoms with van der Waals surface area (Å²) in [4.78, 5) is 5.22. The van der Waals surface area contributed by atoms with Crippen LogP contribution in [0.15, 0.2) is 51.0 Å². The van der Waals surface area contributed by atoms with Crippen LogP contribution in [0.4, 0.5) is 4.39 Å². The van der Waals surface area contributed by atoms with E-state index in [1.807, 2.05) is 0 Å². The van der Waals surface area contributed by atoms with Gasteiger partial charge in [0.2, 0.25) is 0 Å². The number of nitrogens with zero attached hydrogens (tertiary/aromatic N) is 2. The minimum absolute atomic E-state index is 0.201. The summed E-state index contributed by atoms with van der Waals surface area (Å²) >= 11 is 1.71. The van der Waals surface area contributed by atoms with E-state index in [4.69, 9.17) is 4.52 Å². The van der Waals surface area contributed by atoms with Gasteiger partial charge >= 0.3 is 0 Å². The molecule has 118 valence electrons. The Labute approximate surface area is 133 Å². The number of thioether (sulfide) groups is 1. The molecule has 7 heteroatoms. The first-order valence-corrected chi connectivity index (χ1v) is 7.98. The van der Waals surface area contributed by atoms with Crippen LogP contribution in [0, 0.1) is 5.82 Å². The average molecular weight is 322 g/mol. The van der Waals surface area contributed by atoms with Gasteiger partial charge < -0.3 is 15.2 Å². The van der Waals surface area contributed by atoms with Crippen LogP contribution in [0.5, 0.6) is 0 Å². The van der Waals surface area contributed by atoms with E-state index in [1.54, 1.807) is 43.3 Å². The van der Waals surface area contributed by atoms with Crippen LogP contribution in [-0.4, -0.2) is 30.5 Å². The highest BCUT2D eigenvalue weighted by Crippen LogP contribution is 2.18. The Morgan fingerprint density at radius 1 is 1.27 bits per heavy atom. The normalized spacial score (nSPS) is 11.5. The number of hydrogen-bond donors (Lipinski definition) is 2. The fourth-order valence-corrected chi connectivity index (χ4v) is 2.58. The van der Waals surface area contributed by atoms with Crippen LogP contribution < -0.4 is 10.6 Å². The van der Waals surface area contributed by atoms with Crippen molar-refractivity contribution in [3.8, 4) is 0 Å². The first-order chi connectivity index (χ1) is 10.8. The zero-order valence-corrected chi connectivity index (χ0v) is 13.2. The van der Waals surface area contributed by atoms with Crippen molar-refractivity contribution < 1.29 is 8.91 Å². The maximum absolute atomic E-state index is 12.8. The minimum atomic E-state index is -0.201. The van der Waals surface area contributed by atoms with Gasteiger partial charge in [-0.15, -0.1) is 11.8 Å². The highest BCUT2D eigenvalue weighted by molar-refractivity contribution is 7.99. The van der Waals surface area contributed by atoms with Crippen LogP contribution in [0.25, 0.3) is 0 Å². The third-order valence-corrected chi connectivity index (χ3v) is 3.95. The fourth-order valence-electron chi connectivity index (χ4n) is 1.72. The lowest BCUT2D eigenvalue weighted by Crippen LogP contribution is -2.37. The Morgan fingerprint density at radius 3 is 2.77 bits per heavy atom. The van der Waals surface area contributed by atoms with E-state index in [1.165, 1.54) is 12.1 Å². The summed E-state index contributed by atoms with van der Waals surface area (Å²) in [5, 5.41) is 10.2. The Bertz CT molecular complexity index is 572. The van der Waals surface area contributed by atoms with E-state index in [0.29, 0.717) is 6.54 Å². The molecule has 1 aromatic heterocycles. The van der Waals surface area contributed by atoms with Crippen molar-refractivity contribution in [2.75, 3.05) is 19.3 Å². The summed E-state index contributed by atoms with van der Waals surface area (Å²) in [6.45, 7) is 1.38. The lowest BCUT2D eigenvalue weighted by atomic mass is 10.4. The predicted molar refractivity (Wildman–Crippen MR) is 86.4 cm³/mol. The molecule has 0 saturated carbocycles. The standard InChI is InChI=1S/C15H19FN4OS/c1-17-15(19-11-13-7-9-21-20-13)18-8-2-10-22-14-5-3-12(16)4-6-14/h3-7,9H,2,8,10-11H2,1H3,(H2,17,18,19). The fraction of sp³-hybridized carbons (Fsp3) is 0.333. The van der Waals surface area contributed by atoms with Crippen molar-refractivity contribution in [1.82, 2.24) is 15.8 Å². The van der Waals surface area contributed by atoms with E-state index in [-0.39, 0.29) is 5.82 Å². The number of aromatic nitrogens is 1. The molecular formula is C15H19FN4OS. The average Bonchev–Trinajstić information content (AvgIpc) is 3.05. The smallest absolute Gasteiger partial charge is 0.191 e. The van der Waals surface area contributed by atoms with Crippen molar-refractivity contribution in [1.29, 1.82) is 0 Å². The summed E-state index contributed by atoms with van der Waals surface area (Å²) in [5.41, 5.74) is 0.829. The molecule has 0 aliphatic heterocycles. The third kappa shape index (κ3) is 5.77. The molecule has 2 N–H and O–H groups in total. The van der Waals surface area contributed by atoms with Gasteiger partial charge in [-0.2, -0.15) is 0 Å². The molecule has 0 spiro atoms. The molecule has 0 fully saturated rings. The molecule has 0 atom stereocenters. The van der Waals surface area contributed by atoms with Crippen molar-refractivity contribution >= 4 is 17.7 Å². The maximum atomic E-state index is 12.8. The lowest BCUT2D eigenvalue weighted by molar-refractivity contribution is 0.410. The molecule has 0 aliphatic rings. The van der Waals surface area contributed by atoms with Crippen molar-refractivity contribution in [2.45, 2.75) is 17.9 Å². The minimum Gasteiger partial charge on any atom is -0.364 e. The number of rotatable bonds is 7. The second kappa shape index (κ2) is 9.09. The molecule has 22 heavy (non-hydrogen) atoms. The molecule has 0 amide bonds. The highest BCUT2D eigenvalue weighted by Gasteiger charge is 2.00. The summed E-state index contributed by atoms with van der Waals surface area (Å²) in [5.74, 6) is 1.49. The van der Waals surface area contributed by atoms with Gasteiger partial charge in [-0.3, -0.25) is 4.99 Å². The maximum Gasteiger partial charge on any atom is 0.191 e. The number of guanidine groups is 1. The topological polar surface area (TPSA) is 62.5 Å². The molecule has 1 aromatic carbocycles. The van der Waals surface area contributed by atoms with Crippen LogP contribution >= 0.6 is 11.8 Å². The summed E-state index contributed by atoms with van der Waals surface area (Å²) in [7, 11) is 1.73. The Morgan fingerprint density at radius 2 is 2.09 bits per heavy atom. The summed E-state index contributed by atoms with van der Waals surface area (Å²) in [6.07, 6.45) is 2.52. The number of benzene rings is 1. The zero-order valence-electron chi connectivity index (χ0n) is 12.4. The number of hydrogen-bond acceptors (Lipinski definition) is 4. The van der Waals surface area contributed by atoms with Gasteiger partial charge in [-0.05, 0) is 36.4 Å². The molecule has 0 bridgehead atoms. The quantitative estimate of drug-likeness (QED) is 0.355. The predicted octanol–water partition coefficient (Wildman–Crippen LogP) is 2.66. The van der Waals surface area contributed by atoms with E-state index in [0.717, 1.165) is 35.3 Å². The van der Waals surface area contributed by atoms with Crippen LogP contribution in [-0.2, 0) is 6.54 Å². The Balaban J connectivity index is 1.59. The molecule has 0 aliphatic carbocycles. The first-order valence-electron chi connectivity index (χ1n) is 7.00. The second-order valence-corrected chi connectivity index (χ2v) is 5.67. The molecule has 0 unspecified atom stereocenters. The largest absolute Gasteiger partial charge is 0.364 e. The second-order valence-electron chi connectivity index (χ2n) is 4.50. The number of nitrogens with one attached hydrogen (secondary N) is 2. The van der Waals surface area contributed by atoms with E-state index in [9.17, 15) is 4.39 Å². The van der Waals surface area contributed by atoms with Crippen molar-refractivity contribution in [3.05, 3.63) is 48.1 Å². The molecular weight excluding hydrogens is 303 g/mol. The number of aliphatic imine (C=N–C) groups is 1. The van der Waals surface area contributed by atoms with Gasteiger partial charge in [0.25, 0.3) is 0 Å². The van der Waals surface area contributed by atoms with E-state index in [2.05, 4.69) is 20.8 Å². The van der Waals surface area contributed by atoms with E-state index >= 15 is 0 Å². The van der Waals surface area contributed by atoms with Crippen molar-refractivity contribution in [3.63, 3.8) is 0 Å². The van der Waals surface area contributed by atoms with Crippen LogP contribution in [0.3, 0.4) is 0 Å². The van der Waals surface area contributed by atoms with Crippen LogP contribution in [0.2, 0.25) is 0 Å². The molecule has 0 saturated heterocycles.